The average molecular weight is 369 g/mol. The molecule has 0 atom stereocenters. The van der Waals surface area contributed by atoms with Gasteiger partial charge in [-0.25, -0.2) is 4.79 Å². The largest absolute Gasteiger partial charge is 0.443 e. The van der Waals surface area contributed by atoms with E-state index in [0.29, 0.717) is 4.31 Å². The van der Waals surface area contributed by atoms with E-state index in [0.717, 1.165) is 4.47 Å². The normalized spacial score (nSPS) is 14.0. The summed E-state index contributed by atoms with van der Waals surface area (Å²) in [5, 5.41) is -0.167. The van der Waals surface area contributed by atoms with Gasteiger partial charge in [0.15, 0.2) is 0 Å². The van der Waals surface area contributed by atoms with Gasteiger partial charge < -0.3 is 9.26 Å². The van der Waals surface area contributed by atoms with Gasteiger partial charge in [-0.3, -0.25) is 0 Å². The van der Waals surface area contributed by atoms with Crippen molar-refractivity contribution in [2.45, 2.75) is 72.2 Å². The molecule has 0 spiro atoms. The molecule has 0 saturated heterocycles. The molecule has 0 bridgehead atoms. The van der Waals surface area contributed by atoms with Gasteiger partial charge in [-0.2, -0.15) is 12.7 Å². The highest BCUT2D eigenvalue weighted by molar-refractivity contribution is 7.87. The van der Waals surface area contributed by atoms with Crippen LogP contribution in [0.3, 0.4) is 0 Å². The van der Waals surface area contributed by atoms with Gasteiger partial charge in [0, 0.05) is 13.6 Å². The molecule has 0 N–H and O–H groups in total. The summed E-state index contributed by atoms with van der Waals surface area (Å²) in [5.41, 5.74) is -0.779. The van der Waals surface area contributed by atoms with Crippen molar-refractivity contribution in [3.63, 3.8) is 0 Å². The lowest BCUT2D eigenvalue weighted by atomic mass is 10.2. The highest BCUT2D eigenvalue weighted by atomic mass is 32.2. The van der Waals surface area contributed by atoms with Crippen molar-refractivity contribution in [2.75, 3.05) is 13.6 Å². The van der Waals surface area contributed by atoms with Crippen molar-refractivity contribution in [2.24, 2.45) is 0 Å². The third-order valence-corrected chi connectivity index (χ3v) is 9.81. The smallest absolute Gasteiger partial charge is 0.425 e. The predicted octanol–water partition coefficient (Wildman–Crippen LogP) is 3.36. The first-order chi connectivity index (χ1) is 9.95. The standard InChI is InChI=1S/C14H32N2O5SSi/c1-11-16(12(17)20-13(2,3)4)22(18,19)15(8)21-23(9,10)14(5,6)7/h11H2,1-10H3. The van der Waals surface area contributed by atoms with Crippen molar-refractivity contribution in [3.8, 4) is 0 Å². The number of nitrogens with zero attached hydrogens (tertiary/aromatic N) is 2. The molecular formula is C14H32N2O5SSi. The number of hydroxylamine groups is 1. The Balaban J connectivity index is 5.40. The van der Waals surface area contributed by atoms with Gasteiger partial charge in [-0.15, -0.1) is 0 Å². The van der Waals surface area contributed by atoms with Crippen LogP contribution in [0.2, 0.25) is 18.1 Å². The molecule has 0 aliphatic heterocycles. The Labute approximate surface area is 142 Å². The molecule has 0 fully saturated rings. The van der Waals surface area contributed by atoms with Crippen LogP contribution in [0, 0.1) is 0 Å². The number of hydrogen-bond donors (Lipinski definition) is 0. The Morgan fingerprint density at radius 3 is 1.83 bits per heavy atom. The van der Waals surface area contributed by atoms with Crippen molar-refractivity contribution in [1.29, 1.82) is 0 Å². The van der Waals surface area contributed by atoms with Crippen molar-refractivity contribution in [3.05, 3.63) is 0 Å². The van der Waals surface area contributed by atoms with Gasteiger partial charge in [0.2, 0.25) is 8.32 Å². The van der Waals surface area contributed by atoms with Crippen molar-refractivity contribution in [1.82, 2.24) is 8.77 Å². The van der Waals surface area contributed by atoms with Crippen LogP contribution in [-0.4, -0.2) is 50.8 Å². The first kappa shape index (κ1) is 22.4. The number of ether oxygens (including phenoxy) is 1. The number of carbonyl (C=O) groups is 1. The number of rotatable bonds is 5. The van der Waals surface area contributed by atoms with Crippen LogP contribution in [-0.2, 0) is 19.5 Å². The van der Waals surface area contributed by atoms with E-state index in [9.17, 15) is 13.2 Å². The number of hydrogen-bond acceptors (Lipinski definition) is 5. The van der Waals surface area contributed by atoms with Crippen molar-refractivity contribution < 1.29 is 22.5 Å². The second kappa shape index (κ2) is 7.08. The van der Waals surface area contributed by atoms with Gasteiger partial charge in [-0.05, 0) is 45.8 Å². The van der Waals surface area contributed by atoms with E-state index in [4.69, 9.17) is 9.26 Å². The van der Waals surface area contributed by atoms with Crippen LogP contribution < -0.4 is 0 Å². The van der Waals surface area contributed by atoms with E-state index < -0.39 is 30.2 Å². The van der Waals surface area contributed by atoms with E-state index in [1.807, 2.05) is 33.9 Å². The second-order valence-corrected chi connectivity index (χ2v) is 14.5. The molecule has 0 aliphatic rings. The maximum Gasteiger partial charge on any atom is 0.425 e. The minimum absolute atomic E-state index is 0.0392. The Hall–Kier alpha value is -0.643. The molecule has 138 valence electrons. The number of carbonyl (C=O) groups excluding carboxylic acids is 1. The third kappa shape index (κ3) is 6.05. The third-order valence-electron chi connectivity index (χ3n) is 3.65. The summed E-state index contributed by atoms with van der Waals surface area (Å²) in [6.07, 6.45) is -0.911. The predicted molar refractivity (Wildman–Crippen MR) is 93.6 cm³/mol. The van der Waals surface area contributed by atoms with Crippen LogP contribution in [0.15, 0.2) is 0 Å². The van der Waals surface area contributed by atoms with Crippen LogP contribution >= 0.6 is 0 Å². The van der Waals surface area contributed by atoms with Crippen LogP contribution in [0.1, 0.15) is 48.5 Å². The molecule has 9 heteroatoms. The lowest BCUT2D eigenvalue weighted by Crippen LogP contribution is -2.52. The highest BCUT2D eigenvalue weighted by Crippen LogP contribution is 2.37. The molecule has 0 rings (SSSR count). The zero-order valence-electron chi connectivity index (χ0n) is 16.1. The summed E-state index contributed by atoms with van der Waals surface area (Å²) in [4.78, 5) is 12.2. The fourth-order valence-corrected chi connectivity index (χ4v) is 4.03. The Kier molecular flexibility index (Phi) is 6.88. The summed E-state index contributed by atoms with van der Waals surface area (Å²) in [7, 11) is -5.15. The molecule has 0 aliphatic carbocycles. The molecule has 0 radical (unpaired) electrons. The fraction of sp³-hybridized carbons (Fsp3) is 0.929. The molecule has 7 nitrogen and oxygen atoms in total. The zero-order valence-corrected chi connectivity index (χ0v) is 17.9. The van der Waals surface area contributed by atoms with E-state index in [1.165, 1.54) is 7.05 Å². The van der Waals surface area contributed by atoms with E-state index in [-0.39, 0.29) is 11.6 Å². The second-order valence-electron chi connectivity index (χ2n) is 7.91. The maximum atomic E-state index is 12.6. The van der Waals surface area contributed by atoms with Crippen molar-refractivity contribution >= 4 is 24.6 Å². The minimum Gasteiger partial charge on any atom is -0.443 e. The molecule has 23 heavy (non-hydrogen) atoms. The summed E-state index contributed by atoms with van der Waals surface area (Å²) in [5.74, 6) is 0. The molecular weight excluding hydrogens is 336 g/mol. The number of amides is 1. The quantitative estimate of drug-likeness (QED) is 0.549. The average Bonchev–Trinajstić information content (AvgIpc) is 2.24. The van der Waals surface area contributed by atoms with Gasteiger partial charge in [-0.1, -0.05) is 25.2 Å². The Morgan fingerprint density at radius 2 is 1.52 bits per heavy atom. The van der Waals surface area contributed by atoms with Crippen LogP contribution in [0.25, 0.3) is 0 Å². The summed E-state index contributed by atoms with van der Waals surface area (Å²) in [6.45, 7) is 16.5. The molecule has 0 aromatic heterocycles. The fourth-order valence-electron chi connectivity index (χ4n) is 1.34. The van der Waals surface area contributed by atoms with E-state index in [1.54, 1.807) is 27.7 Å². The van der Waals surface area contributed by atoms with Gasteiger partial charge >= 0.3 is 16.3 Å². The van der Waals surface area contributed by atoms with Gasteiger partial charge in [0.05, 0.1) is 0 Å². The summed E-state index contributed by atoms with van der Waals surface area (Å²) >= 11 is 0. The van der Waals surface area contributed by atoms with Crippen LogP contribution in [0.5, 0.6) is 0 Å². The highest BCUT2D eigenvalue weighted by Gasteiger charge is 2.43. The summed E-state index contributed by atoms with van der Waals surface area (Å²) in [6, 6.07) is 0. The minimum atomic E-state index is -4.11. The monoisotopic (exact) mass is 368 g/mol. The van der Waals surface area contributed by atoms with Crippen LogP contribution in [0.4, 0.5) is 4.79 Å². The lowest BCUT2D eigenvalue weighted by Gasteiger charge is -2.39. The Bertz CT molecular complexity index is 520. The first-order valence-corrected chi connectivity index (χ1v) is 11.9. The topological polar surface area (TPSA) is 76.2 Å². The Morgan fingerprint density at radius 1 is 1.09 bits per heavy atom. The molecule has 0 aromatic carbocycles. The molecule has 0 unspecified atom stereocenters. The zero-order chi connectivity index (χ0) is 18.9. The van der Waals surface area contributed by atoms with Gasteiger partial charge in [0.25, 0.3) is 0 Å². The first-order valence-electron chi connectivity index (χ1n) is 7.64. The van der Waals surface area contributed by atoms with E-state index in [2.05, 4.69) is 0 Å². The molecule has 0 aromatic rings. The molecule has 1 amide bonds. The van der Waals surface area contributed by atoms with E-state index >= 15 is 0 Å². The van der Waals surface area contributed by atoms with Gasteiger partial charge in [0.1, 0.15) is 5.60 Å². The molecule has 0 saturated carbocycles. The SMILES string of the molecule is CCN(C(=O)OC(C)(C)C)S(=O)(=O)N(C)O[Si](C)(C)C(C)(C)C. The lowest BCUT2D eigenvalue weighted by molar-refractivity contribution is 0.0220. The molecule has 0 heterocycles. The maximum absolute atomic E-state index is 12.6. The summed E-state index contributed by atoms with van der Waals surface area (Å²) < 4.78 is 37.7.